The molecule has 0 aromatic carbocycles. The number of carbonyl (C=O) groups is 4. The molecule has 0 saturated carbocycles. The number of hydrogen-bond acceptors (Lipinski definition) is 12. The number of aliphatic imine (C=N–C) groups is 2. The molecule has 0 aliphatic carbocycles. The van der Waals surface area contributed by atoms with Crippen molar-refractivity contribution in [2.75, 3.05) is 38.8 Å². The maximum Gasteiger partial charge on any atom is 0.316 e. The van der Waals surface area contributed by atoms with E-state index in [1.54, 1.807) is 24.3 Å². The lowest BCUT2D eigenvalue weighted by molar-refractivity contribution is -0.138. The Morgan fingerprint density at radius 3 is 1.58 bits per heavy atom. The van der Waals surface area contributed by atoms with Crippen molar-refractivity contribution in [3.8, 4) is 0 Å². The molecule has 2 aromatic heterocycles. The van der Waals surface area contributed by atoms with E-state index in [1.165, 1.54) is 48.7 Å². The molecular weight excluding hydrogens is 536 g/mol. The van der Waals surface area contributed by atoms with Crippen molar-refractivity contribution in [1.29, 1.82) is 0 Å². The molecule has 0 radical (unpaired) electrons. The molecule has 0 N–H and O–H groups in total. The minimum atomic E-state index is -0.482. The molecule has 4 heterocycles. The molecule has 0 saturated heterocycles. The monoisotopic (exact) mass is 558 g/mol. The van der Waals surface area contributed by atoms with Crippen molar-refractivity contribution >= 4 is 69.8 Å². The van der Waals surface area contributed by atoms with Crippen LogP contribution < -0.4 is 0 Å². The smallest absolute Gasteiger partial charge is 0.316 e. The molecule has 14 heteroatoms. The Morgan fingerprint density at radius 2 is 1.24 bits per heavy atom. The number of methoxy groups -OCH3 is 2. The molecule has 12 nitrogen and oxygen atoms in total. The first-order valence-corrected chi connectivity index (χ1v) is 13.1. The molecule has 2 amide bonds. The highest BCUT2D eigenvalue weighted by molar-refractivity contribution is 8.14. The Bertz CT molecular complexity index is 1230. The molecule has 2 aliphatic heterocycles. The molecule has 2 aliphatic rings. The molecule has 0 spiro atoms. The third kappa shape index (κ3) is 6.44. The summed E-state index contributed by atoms with van der Waals surface area (Å²) >= 11 is 2.07. The second-order valence-electron chi connectivity index (χ2n) is 7.52. The highest BCUT2D eigenvalue weighted by Gasteiger charge is 2.35. The topological polar surface area (TPSA) is 144 Å². The molecule has 0 fully saturated rings. The number of amidine groups is 2. The van der Waals surface area contributed by atoms with Gasteiger partial charge >= 0.3 is 11.9 Å². The van der Waals surface area contributed by atoms with Crippen molar-refractivity contribution in [3.63, 3.8) is 0 Å². The second kappa shape index (κ2) is 12.5. The van der Waals surface area contributed by atoms with Gasteiger partial charge in [-0.15, -0.1) is 0 Å². The van der Waals surface area contributed by atoms with Crippen LogP contribution in [0, 0.1) is 0 Å². The average Bonchev–Trinajstić information content (AvgIpc) is 3.72. The van der Waals surface area contributed by atoms with E-state index in [1.807, 2.05) is 0 Å². The summed E-state index contributed by atoms with van der Waals surface area (Å²) < 4.78 is 20.0. The summed E-state index contributed by atoms with van der Waals surface area (Å²) in [5.41, 5.74) is 0.236. The van der Waals surface area contributed by atoms with Gasteiger partial charge in [-0.2, -0.15) is 0 Å². The normalized spacial score (nSPS) is 17.4. The predicted molar refractivity (Wildman–Crippen MR) is 141 cm³/mol. The van der Waals surface area contributed by atoms with Gasteiger partial charge < -0.3 is 18.3 Å². The summed E-state index contributed by atoms with van der Waals surface area (Å²) in [7, 11) is 2.54. The van der Waals surface area contributed by atoms with Crippen LogP contribution in [0.5, 0.6) is 0 Å². The van der Waals surface area contributed by atoms with Gasteiger partial charge in [0.2, 0.25) is 0 Å². The third-order valence-corrected chi connectivity index (χ3v) is 7.01. The first-order valence-electron chi connectivity index (χ1n) is 11.1. The van der Waals surface area contributed by atoms with Crippen molar-refractivity contribution in [1.82, 2.24) is 9.80 Å². The van der Waals surface area contributed by atoms with E-state index in [4.69, 9.17) is 18.3 Å². The van der Waals surface area contributed by atoms with Crippen molar-refractivity contribution < 1.29 is 37.5 Å². The summed E-state index contributed by atoms with van der Waals surface area (Å²) in [5.74, 6) is -1.06. The summed E-state index contributed by atoms with van der Waals surface area (Å²) in [6, 6.07) is 6.72. The van der Waals surface area contributed by atoms with Crippen molar-refractivity contribution in [3.05, 3.63) is 59.7 Å². The lowest BCUT2D eigenvalue weighted by Gasteiger charge is -2.22. The fourth-order valence-electron chi connectivity index (χ4n) is 3.26. The average molecular weight is 559 g/mol. The van der Waals surface area contributed by atoms with E-state index in [9.17, 15) is 19.2 Å². The fraction of sp³-hybridized carbons (Fsp3) is 0.250. The number of rotatable bonds is 9. The van der Waals surface area contributed by atoms with E-state index in [0.717, 1.165) is 23.5 Å². The van der Waals surface area contributed by atoms with Crippen LogP contribution in [0.1, 0.15) is 11.5 Å². The third-order valence-electron chi connectivity index (χ3n) is 5.11. The van der Waals surface area contributed by atoms with Gasteiger partial charge in [-0.1, -0.05) is 23.5 Å². The van der Waals surface area contributed by atoms with Gasteiger partial charge in [0.1, 0.15) is 22.9 Å². The molecule has 0 bridgehead atoms. The van der Waals surface area contributed by atoms with Gasteiger partial charge in [-0.05, 0) is 24.3 Å². The van der Waals surface area contributed by atoms with Crippen LogP contribution in [-0.4, -0.2) is 82.7 Å². The highest BCUT2D eigenvalue weighted by Crippen LogP contribution is 2.27. The van der Waals surface area contributed by atoms with Gasteiger partial charge in [-0.3, -0.25) is 29.0 Å². The maximum absolute atomic E-state index is 13.2. The van der Waals surface area contributed by atoms with Crippen LogP contribution in [0.25, 0.3) is 12.2 Å². The molecule has 0 atom stereocenters. The van der Waals surface area contributed by atoms with Gasteiger partial charge in [0.05, 0.1) is 38.3 Å². The first-order chi connectivity index (χ1) is 18.4. The lowest BCUT2D eigenvalue weighted by Crippen LogP contribution is -2.41. The molecule has 4 rings (SSSR count). The zero-order valence-electron chi connectivity index (χ0n) is 20.3. The van der Waals surface area contributed by atoms with Gasteiger partial charge in [-0.25, -0.2) is 9.98 Å². The number of nitrogens with zero attached hydrogens (tertiary/aromatic N) is 4. The van der Waals surface area contributed by atoms with E-state index in [0.29, 0.717) is 11.5 Å². The largest absolute Gasteiger partial charge is 0.468 e. The number of esters is 2. The van der Waals surface area contributed by atoms with E-state index < -0.39 is 23.8 Å². The zero-order valence-corrected chi connectivity index (χ0v) is 22.0. The van der Waals surface area contributed by atoms with Crippen LogP contribution in [0.3, 0.4) is 0 Å². The van der Waals surface area contributed by atoms with Crippen molar-refractivity contribution in [2.24, 2.45) is 9.98 Å². The molecule has 2 aromatic rings. The maximum atomic E-state index is 13.2. The predicted octanol–water partition coefficient (Wildman–Crippen LogP) is 2.46. The summed E-state index contributed by atoms with van der Waals surface area (Å²) in [5, 5.41) is 0.550. The Labute approximate surface area is 225 Å². The van der Waals surface area contributed by atoms with Crippen LogP contribution in [-0.2, 0) is 28.7 Å². The fourth-order valence-corrected chi connectivity index (χ4v) is 4.97. The van der Waals surface area contributed by atoms with Crippen LogP contribution in [0.2, 0.25) is 0 Å². The van der Waals surface area contributed by atoms with Crippen LogP contribution >= 0.6 is 23.5 Å². The number of thioether (sulfide) groups is 2. The quantitative estimate of drug-likeness (QED) is 0.332. The summed E-state index contributed by atoms with van der Waals surface area (Å²) in [4.78, 5) is 61.3. The number of ether oxygens (including phenoxy) is 2. The Hall–Kier alpha value is -4.04. The molecule has 0 unspecified atom stereocenters. The zero-order chi connectivity index (χ0) is 27.1. The molecule has 38 heavy (non-hydrogen) atoms. The van der Waals surface area contributed by atoms with Crippen molar-refractivity contribution in [2.45, 2.75) is 0 Å². The van der Waals surface area contributed by atoms with E-state index in [2.05, 4.69) is 9.98 Å². The molecular formula is C24H22N4O8S2. The first kappa shape index (κ1) is 27.0. The van der Waals surface area contributed by atoms with Gasteiger partial charge in [0, 0.05) is 25.2 Å². The number of hydrogen-bond donors (Lipinski definition) is 0. The Morgan fingerprint density at radius 1 is 0.816 bits per heavy atom. The lowest BCUT2D eigenvalue weighted by atomic mass is 10.3. The number of amides is 2. The van der Waals surface area contributed by atoms with E-state index >= 15 is 0 Å². The van der Waals surface area contributed by atoms with Crippen LogP contribution in [0.4, 0.5) is 0 Å². The van der Waals surface area contributed by atoms with Gasteiger partial charge in [0.15, 0.2) is 10.3 Å². The second-order valence-corrected chi connectivity index (χ2v) is 9.41. The van der Waals surface area contributed by atoms with Gasteiger partial charge in [0.25, 0.3) is 11.8 Å². The number of carbonyl (C=O) groups excluding carboxylic acids is 4. The Kier molecular flexibility index (Phi) is 8.86. The standard InChI is InChI=1S/C24H22N4O8S2/c1-33-19(29)13-37-23-25-17(11-15-5-3-9-35-15)21(31)27(23)7-8-28-22(32)18(12-16-6-4-10-36-16)26-24(28)38-14-20(30)34-2/h3-6,9-12H,7-8,13-14H2,1-2H3/b17-11-,18-12-. The summed E-state index contributed by atoms with van der Waals surface area (Å²) in [6.45, 7) is 0.0812. The minimum Gasteiger partial charge on any atom is -0.468 e. The minimum absolute atomic E-state index is 0.0406. The van der Waals surface area contributed by atoms with E-state index in [-0.39, 0.29) is 46.3 Å². The van der Waals surface area contributed by atoms with Crippen LogP contribution in [0.15, 0.2) is 67.0 Å². The summed E-state index contributed by atoms with van der Waals surface area (Å²) in [6.07, 6.45) is 5.93. The highest BCUT2D eigenvalue weighted by atomic mass is 32.2. The Balaban J connectivity index is 1.53. The number of furan rings is 2. The molecule has 198 valence electrons. The SMILES string of the molecule is COC(=O)CSC1=N/C(=C\c2ccco2)C(=O)N1CCN1C(=O)/C(=C/c2ccco2)N=C1SCC(=O)OC.